The highest BCUT2D eigenvalue weighted by Crippen LogP contribution is 2.13. The highest BCUT2D eigenvalue weighted by Gasteiger charge is 2.12. The zero-order valence-corrected chi connectivity index (χ0v) is 9.58. The van der Waals surface area contributed by atoms with Gasteiger partial charge in [-0.25, -0.2) is 0 Å². The number of hydrogen-bond donors (Lipinski definition) is 1. The van der Waals surface area contributed by atoms with E-state index in [-0.39, 0.29) is 5.05 Å². The molecule has 0 radical (unpaired) electrons. The number of aliphatic hydroxyl groups is 1. The van der Waals surface area contributed by atoms with Crippen LogP contribution < -0.4 is 4.74 Å². The maximum absolute atomic E-state index is 9.16. The quantitative estimate of drug-likeness (QED) is 0.781. The molecule has 1 N–H and O–H groups in total. The third-order valence-corrected chi connectivity index (χ3v) is 2.40. The number of thiocarbonyl (C=S) groups is 1. The minimum absolute atomic E-state index is 0.117. The van der Waals surface area contributed by atoms with Crippen LogP contribution in [0.25, 0.3) is 0 Å². The van der Waals surface area contributed by atoms with Crippen LogP contribution in [-0.4, -0.2) is 30.5 Å². The van der Waals surface area contributed by atoms with Gasteiger partial charge in [-0.05, 0) is 29.9 Å². The van der Waals surface area contributed by atoms with Crippen molar-refractivity contribution in [1.29, 1.82) is 0 Å². The summed E-state index contributed by atoms with van der Waals surface area (Å²) in [5.74, 6) is 0.805. The van der Waals surface area contributed by atoms with Gasteiger partial charge in [0.05, 0.1) is 7.11 Å². The third-order valence-electron chi connectivity index (χ3n) is 2.14. The first-order chi connectivity index (χ1) is 7.17. The molecule has 0 aliphatic rings. The minimum atomic E-state index is -0.423. The second kappa shape index (κ2) is 5.68. The molecule has 0 bridgehead atoms. The highest BCUT2D eigenvalue weighted by molar-refractivity contribution is 7.80. The van der Waals surface area contributed by atoms with Crippen molar-refractivity contribution in [2.24, 2.45) is 0 Å². The fourth-order valence-corrected chi connectivity index (χ4v) is 1.43. The largest absolute Gasteiger partial charge is 0.500 e. The fourth-order valence-electron chi connectivity index (χ4n) is 1.25. The molecule has 1 atom stereocenters. The van der Waals surface area contributed by atoms with Crippen molar-refractivity contribution in [2.75, 3.05) is 14.2 Å². The van der Waals surface area contributed by atoms with E-state index in [1.807, 2.05) is 24.3 Å². The van der Waals surface area contributed by atoms with Crippen molar-refractivity contribution in [1.82, 2.24) is 0 Å². The van der Waals surface area contributed by atoms with Gasteiger partial charge >= 0.3 is 0 Å². The Balaban J connectivity index is 2.67. The molecule has 3 nitrogen and oxygen atoms in total. The fraction of sp³-hybridized carbons (Fsp3) is 0.364. The van der Waals surface area contributed by atoms with Crippen molar-refractivity contribution in [3.8, 4) is 5.75 Å². The molecule has 1 aromatic rings. The number of rotatable bonds is 5. The Labute approximate surface area is 94.6 Å². The van der Waals surface area contributed by atoms with E-state index in [1.54, 1.807) is 7.11 Å². The van der Waals surface area contributed by atoms with Crippen LogP contribution in [-0.2, 0) is 11.2 Å². The van der Waals surface area contributed by atoms with Crippen LogP contribution in [0.15, 0.2) is 24.3 Å². The molecule has 0 amide bonds. The molecule has 0 fully saturated rings. The van der Waals surface area contributed by atoms with Crippen LogP contribution in [0.2, 0.25) is 0 Å². The molecule has 0 aliphatic heterocycles. The van der Waals surface area contributed by atoms with Gasteiger partial charge in [-0.15, -0.1) is 0 Å². The molecule has 0 heterocycles. The van der Waals surface area contributed by atoms with Gasteiger partial charge in [0.25, 0.3) is 0 Å². The van der Waals surface area contributed by atoms with Crippen molar-refractivity contribution in [3.05, 3.63) is 29.8 Å². The lowest BCUT2D eigenvalue weighted by molar-refractivity contribution is 0.143. The average molecular weight is 226 g/mol. The summed E-state index contributed by atoms with van der Waals surface area (Å²) in [4.78, 5) is 0. The standard InChI is InChI=1S/C11H14O3S/c1-13-9-5-3-8(4-6-9)7-10(14-2)11(12)15/h3-6,10H,7H2,1-2H3,(H,12,15). The van der Waals surface area contributed by atoms with E-state index in [2.05, 4.69) is 12.2 Å². The lowest BCUT2D eigenvalue weighted by Crippen LogP contribution is -2.23. The van der Waals surface area contributed by atoms with E-state index in [0.29, 0.717) is 6.42 Å². The van der Waals surface area contributed by atoms with Crippen LogP contribution in [0.3, 0.4) is 0 Å². The second-order valence-electron chi connectivity index (χ2n) is 3.11. The third kappa shape index (κ3) is 3.49. The summed E-state index contributed by atoms with van der Waals surface area (Å²) in [6, 6.07) is 7.57. The first-order valence-electron chi connectivity index (χ1n) is 4.56. The van der Waals surface area contributed by atoms with Gasteiger partial charge in [0.2, 0.25) is 0 Å². The summed E-state index contributed by atoms with van der Waals surface area (Å²) in [6.07, 6.45) is 0.143. The number of methoxy groups -OCH3 is 2. The molecule has 4 heteroatoms. The number of benzene rings is 1. The van der Waals surface area contributed by atoms with E-state index < -0.39 is 6.10 Å². The van der Waals surface area contributed by atoms with Gasteiger partial charge in [-0.2, -0.15) is 0 Å². The van der Waals surface area contributed by atoms with Crippen molar-refractivity contribution in [3.63, 3.8) is 0 Å². The lowest BCUT2D eigenvalue weighted by Gasteiger charge is -2.12. The minimum Gasteiger partial charge on any atom is -0.500 e. The molecule has 0 saturated carbocycles. The first-order valence-corrected chi connectivity index (χ1v) is 4.96. The Morgan fingerprint density at radius 1 is 1.33 bits per heavy atom. The van der Waals surface area contributed by atoms with Gasteiger partial charge in [-0.3, -0.25) is 0 Å². The number of aliphatic hydroxyl groups excluding tert-OH is 1. The van der Waals surface area contributed by atoms with Gasteiger partial charge in [0.15, 0.2) is 5.05 Å². The van der Waals surface area contributed by atoms with E-state index in [4.69, 9.17) is 14.6 Å². The van der Waals surface area contributed by atoms with E-state index in [1.165, 1.54) is 7.11 Å². The van der Waals surface area contributed by atoms with Gasteiger partial charge < -0.3 is 14.6 Å². The molecular weight excluding hydrogens is 212 g/mol. The topological polar surface area (TPSA) is 38.7 Å². The van der Waals surface area contributed by atoms with Crippen LogP contribution in [0.4, 0.5) is 0 Å². The zero-order chi connectivity index (χ0) is 11.3. The summed E-state index contributed by atoms with van der Waals surface area (Å²) in [5, 5.41) is 9.04. The van der Waals surface area contributed by atoms with Crippen LogP contribution >= 0.6 is 12.2 Å². The van der Waals surface area contributed by atoms with Crippen LogP contribution in [0.1, 0.15) is 5.56 Å². The average Bonchev–Trinajstić information content (AvgIpc) is 2.26. The summed E-state index contributed by atoms with van der Waals surface area (Å²) in [5.41, 5.74) is 1.04. The van der Waals surface area contributed by atoms with Gasteiger partial charge in [0.1, 0.15) is 11.9 Å². The molecule has 0 aromatic heterocycles. The van der Waals surface area contributed by atoms with Gasteiger partial charge in [0, 0.05) is 13.5 Å². The monoisotopic (exact) mass is 226 g/mol. The molecular formula is C11H14O3S. The summed E-state index contributed by atoms with van der Waals surface area (Å²) in [7, 11) is 3.15. The SMILES string of the molecule is COc1ccc(CC(OC)C(O)=S)cc1. The van der Waals surface area contributed by atoms with Crippen molar-refractivity contribution < 1.29 is 14.6 Å². The van der Waals surface area contributed by atoms with Crippen LogP contribution in [0, 0.1) is 0 Å². The van der Waals surface area contributed by atoms with Gasteiger partial charge in [-0.1, -0.05) is 12.1 Å². The maximum atomic E-state index is 9.16. The molecule has 1 rings (SSSR count). The molecule has 0 saturated heterocycles. The zero-order valence-electron chi connectivity index (χ0n) is 8.77. The van der Waals surface area contributed by atoms with E-state index >= 15 is 0 Å². The predicted molar refractivity (Wildman–Crippen MR) is 62.7 cm³/mol. The molecule has 15 heavy (non-hydrogen) atoms. The first kappa shape index (κ1) is 11.9. The van der Waals surface area contributed by atoms with Crippen molar-refractivity contribution >= 4 is 17.3 Å². The predicted octanol–water partition coefficient (Wildman–Crippen LogP) is 2.14. The van der Waals surface area contributed by atoms with Crippen LogP contribution in [0.5, 0.6) is 5.75 Å². The Bertz CT molecular complexity index is 321. The Morgan fingerprint density at radius 2 is 1.93 bits per heavy atom. The molecule has 82 valence electrons. The number of ether oxygens (including phenoxy) is 2. The van der Waals surface area contributed by atoms with E-state index in [0.717, 1.165) is 11.3 Å². The molecule has 0 spiro atoms. The Kier molecular flexibility index (Phi) is 4.52. The summed E-state index contributed by atoms with van der Waals surface area (Å²) < 4.78 is 10.1. The Hall–Kier alpha value is -1.13. The second-order valence-corrected chi connectivity index (χ2v) is 3.53. The highest BCUT2D eigenvalue weighted by atomic mass is 32.1. The molecule has 1 unspecified atom stereocenters. The lowest BCUT2D eigenvalue weighted by atomic mass is 10.1. The number of hydrogen-bond acceptors (Lipinski definition) is 3. The smallest absolute Gasteiger partial charge is 0.186 e. The summed E-state index contributed by atoms with van der Waals surface area (Å²) >= 11 is 4.67. The summed E-state index contributed by atoms with van der Waals surface area (Å²) in [6.45, 7) is 0. The normalized spacial score (nSPS) is 12.1. The van der Waals surface area contributed by atoms with E-state index in [9.17, 15) is 0 Å². The Morgan fingerprint density at radius 3 is 2.33 bits per heavy atom. The maximum Gasteiger partial charge on any atom is 0.186 e. The molecule has 0 aliphatic carbocycles. The molecule has 1 aromatic carbocycles. The van der Waals surface area contributed by atoms with Crippen molar-refractivity contribution in [2.45, 2.75) is 12.5 Å².